The van der Waals surface area contributed by atoms with Crippen LogP contribution in [-0.2, 0) is 0 Å². The predicted octanol–water partition coefficient (Wildman–Crippen LogP) is 3.29. The van der Waals surface area contributed by atoms with E-state index in [1.807, 2.05) is 6.07 Å². The third-order valence-corrected chi connectivity index (χ3v) is 3.84. The average Bonchev–Trinajstić information content (AvgIpc) is 3.19. The molecule has 1 heterocycles. The highest BCUT2D eigenvalue weighted by Crippen LogP contribution is 2.34. The van der Waals surface area contributed by atoms with Gasteiger partial charge in [-0.25, -0.2) is 0 Å². The molecule has 1 saturated carbocycles. The quantitative estimate of drug-likeness (QED) is 0.785. The molecule has 0 saturated heterocycles. The summed E-state index contributed by atoms with van der Waals surface area (Å²) in [5, 5.41) is 3.68. The van der Waals surface area contributed by atoms with E-state index in [2.05, 4.69) is 23.5 Å². The first-order valence-electron chi connectivity index (χ1n) is 6.88. The van der Waals surface area contributed by atoms with E-state index < -0.39 is 0 Å². The Morgan fingerprint density at radius 1 is 1.18 bits per heavy atom. The molecule has 1 aromatic carbocycles. The van der Waals surface area contributed by atoms with Crippen LogP contribution in [-0.4, -0.2) is 13.2 Å². The van der Waals surface area contributed by atoms with Crippen molar-refractivity contribution in [2.24, 2.45) is 5.92 Å². The summed E-state index contributed by atoms with van der Waals surface area (Å²) >= 11 is 0. The summed E-state index contributed by atoms with van der Waals surface area (Å²) in [6.07, 6.45) is 6.78. The van der Waals surface area contributed by atoms with Crippen LogP contribution in [0.5, 0.6) is 5.75 Å². The SMILES string of the molecule is c1ccc2c(c1)OCCC2NCCCC1CC1. The van der Waals surface area contributed by atoms with Gasteiger partial charge in [0, 0.05) is 18.0 Å². The van der Waals surface area contributed by atoms with Gasteiger partial charge in [0.1, 0.15) is 5.75 Å². The molecular weight excluding hydrogens is 210 g/mol. The van der Waals surface area contributed by atoms with Gasteiger partial charge in [0.15, 0.2) is 0 Å². The molecule has 1 aromatic rings. The standard InChI is InChI=1S/C15H21NO/c1-2-6-15-13(5-1)14(9-11-17-15)16-10-3-4-12-7-8-12/h1-2,5-6,12,14,16H,3-4,7-11H2. The Labute approximate surface area is 103 Å². The normalized spacial score (nSPS) is 22.9. The molecule has 1 fully saturated rings. The first kappa shape index (κ1) is 11.1. The van der Waals surface area contributed by atoms with Crippen LogP contribution in [0.3, 0.4) is 0 Å². The first-order valence-corrected chi connectivity index (χ1v) is 6.88. The second kappa shape index (κ2) is 5.09. The molecule has 2 nitrogen and oxygen atoms in total. The summed E-state index contributed by atoms with van der Waals surface area (Å²) in [4.78, 5) is 0. The Morgan fingerprint density at radius 2 is 2.06 bits per heavy atom. The maximum atomic E-state index is 5.67. The van der Waals surface area contributed by atoms with E-state index in [1.165, 1.54) is 31.2 Å². The molecule has 17 heavy (non-hydrogen) atoms. The number of nitrogens with one attached hydrogen (secondary N) is 1. The topological polar surface area (TPSA) is 21.3 Å². The van der Waals surface area contributed by atoms with Gasteiger partial charge in [-0.05, 0) is 31.4 Å². The minimum Gasteiger partial charge on any atom is -0.493 e. The van der Waals surface area contributed by atoms with Gasteiger partial charge < -0.3 is 10.1 Å². The predicted molar refractivity (Wildman–Crippen MR) is 69.3 cm³/mol. The summed E-state index contributed by atoms with van der Waals surface area (Å²) in [6.45, 7) is 1.99. The number of fused-ring (bicyclic) bond motifs is 1. The lowest BCUT2D eigenvalue weighted by molar-refractivity contribution is 0.252. The molecule has 0 amide bonds. The number of hydrogen-bond acceptors (Lipinski definition) is 2. The summed E-state index contributed by atoms with van der Waals surface area (Å²) in [5.41, 5.74) is 1.34. The van der Waals surface area contributed by atoms with Crippen molar-refractivity contribution in [2.75, 3.05) is 13.2 Å². The van der Waals surface area contributed by atoms with Crippen LogP contribution in [0.15, 0.2) is 24.3 Å². The molecular formula is C15H21NO. The number of para-hydroxylation sites is 1. The van der Waals surface area contributed by atoms with Gasteiger partial charge in [-0.3, -0.25) is 0 Å². The van der Waals surface area contributed by atoms with E-state index in [4.69, 9.17) is 4.74 Å². The molecule has 1 aliphatic carbocycles. The van der Waals surface area contributed by atoms with Crippen LogP contribution in [0.2, 0.25) is 0 Å². The third-order valence-electron chi connectivity index (χ3n) is 3.84. The van der Waals surface area contributed by atoms with Crippen molar-refractivity contribution in [3.8, 4) is 5.75 Å². The van der Waals surface area contributed by atoms with E-state index in [0.717, 1.165) is 31.2 Å². The van der Waals surface area contributed by atoms with Gasteiger partial charge in [-0.2, -0.15) is 0 Å². The van der Waals surface area contributed by atoms with E-state index in [9.17, 15) is 0 Å². The van der Waals surface area contributed by atoms with Crippen molar-refractivity contribution in [1.82, 2.24) is 5.32 Å². The second-order valence-corrected chi connectivity index (χ2v) is 5.27. The average molecular weight is 231 g/mol. The molecule has 1 unspecified atom stereocenters. The Morgan fingerprint density at radius 3 is 2.94 bits per heavy atom. The van der Waals surface area contributed by atoms with Crippen molar-refractivity contribution in [1.29, 1.82) is 0 Å². The first-order chi connectivity index (χ1) is 8.43. The molecule has 0 spiro atoms. The van der Waals surface area contributed by atoms with Crippen LogP contribution >= 0.6 is 0 Å². The summed E-state index contributed by atoms with van der Waals surface area (Å²) in [5.74, 6) is 2.12. The maximum Gasteiger partial charge on any atom is 0.124 e. The van der Waals surface area contributed by atoms with Gasteiger partial charge >= 0.3 is 0 Å². The summed E-state index contributed by atoms with van der Waals surface area (Å²) in [7, 11) is 0. The lowest BCUT2D eigenvalue weighted by atomic mass is 10.0. The summed E-state index contributed by atoms with van der Waals surface area (Å²) < 4.78 is 5.67. The van der Waals surface area contributed by atoms with Gasteiger partial charge in [-0.1, -0.05) is 31.0 Å². The fourth-order valence-electron chi connectivity index (χ4n) is 2.63. The van der Waals surface area contributed by atoms with Gasteiger partial charge in [-0.15, -0.1) is 0 Å². The zero-order valence-electron chi connectivity index (χ0n) is 10.3. The highest BCUT2D eigenvalue weighted by atomic mass is 16.5. The molecule has 1 aliphatic heterocycles. The number of rotatable bonds is 5. The molecule has 2 aliphatic rings. The van der Waals surface area contributed by atoms with E-state index in [0.29, 0.717) is 6.04 Å². The van der Waals surface area contributed by atoms with E-state index in [-0.39, 0.29) is 0 Å². The third kappa shape index (κ3) is 2.81. The molecule has 3 rings (SSSR count). The molecule has 92 valence electrons. The fraction of sp³-hybridized carbons (Fsp3) is 0.600. The van der Waals surface area contributed by atoms with E-state index >= 15 is 0 Å². The Hall–Kier alpha value is -1.02. The Balaban J connectivity index is 1.52. The molecule has 0 bridgehead atoms. The van der Waals surface area contributed by atoms with Crippen molar-refractivity contribution < 1.29 is 4.74 Å². The monoisotopic (exact) mass is 231 g/mol. The highest BCUT2D eigenvalue weighted by Gasteiger charge is 2.22. The second-order valence-electron chi connectivity index (χ2n) is 5.27. The van der Waals surface area contributed by atoms with Gasteiger partial charge in [0.05, 0.1) is 6.61 Å². The van der Waals surface area contributed by atoms with Crippen molar-refractivity contribution in [3.63, 3.8) is 0 Å². The minimum atomic E-state index is 0.499. The highest BCUT2D eigenvalue weighted by molar-refractivity contribution is 5.37. The molecule has 2 heteroatoms. The van der Waals surface area contributed by atoms with Gasteiger partial charge in [0.25, 0.3) is 0 Å². The van der Waals surface area contributed by atoms with Crippen LogP contribution in [0.1, 0.15) is 43.7 Å². The van der Waals surface area contributed by atoms with Crippen molar-refractivity contribution in [2.45, 2.75) is 38.1 Å². The zero-order chi connectivity index (χ0) is 11.5. The number of hydrogen-bond donors (Lipinski definition) is 1. The van der Waals surface area contributed by atoms with Crippen LogP contribution in [0, 0.1) is 5.92 Å². The summed E-state index contributed by atoms with van der Waals surface area (Å²) in [6, 6.07) is 8.92. The van der Waals surface area contributed by atoms with Crippen LogP contribution < -0.4 is 10.1 Å². The Bertz CT molecular complexity index is 373. The Kier molecular flexibility index (Phi) is 3.32. The van der Waals surface area contributed by atoms with Gasteiger partial charge in [0.2, 0.25) is 0 Å². The van der Waals surface area contributed by atoms with Crippen molar-refractivity contribution in [3.05, 3.63) is 29.8 Å². The molecule has 0 radical (unpaired) electrons. The smallest absolute Gasteiger partial charge is 0.124 e. The van der Waals surface area contributed by atoms with Crippen LogP contribution in [0.4, 0.5) is 0 Å². The lowest BCUT2D eigenvalue weighted by Crippen LogP contribution is -2.27. The number of benzene rings is 1. The molecule has 1 atom stereocenters. The van der Waals surface area contributed by atoms with Crippen molar-refractivity contribution >= 4 is 0 Å². The zero-order valence-corrected chi connectivity index (χ0v) is 10.3. The lowest BCUT2D eigenvalue weighted by Gasteiger charge is -2.26. The molecule has 1 N–H and O–H groups in total. The van der Waals surface area contributed by atoms with E-state index in [1.54, 1.807) is 0 Å². The molecule has 0 aromatic heterocycles. The number of ether oxygens (including phenoxy) is 1. The van der Waals surface area contributed by atoms with Crippen LogP contribution in [0.25, 0.3) is 0 Å². The fourth-order valence-corrected chi connectivity index (χ4v) is 2.63. The maximum absolute atomic E-state index is 5.67. The minimum absolute atomic E-state index is 0.499. The largest absolute Gasteiger partial charge is 0.493 e.